The van der Waals surface area contributed by atoms with Crippen LogP contribution in [-0.2, 0) is 19.1 Å². The lowest BCUT2D eigenvalue weighted by Crippen LogP contribution is -2.49. The molecule has 0 aromatic rings. The van der Waals surface area contributed by atoms with Crippen molar-refractivity contribution in [3.63, 3.8) is 0 Å². The van der Waals surface area contributed by atoms with E-state index >= 15 is 0 Å². The van der Waals surface area contributed by atoms with Crippen molar-refractivity contribution in [3.8, 4) is 0 Å². The topological polar surface area (TPSA) is 102 Å². The van der Waals surface area contributed by atoms with Crippen molar-refractivity contribution in [1.29, 1.82) is 0 Å². The summed E-state index contributed by atoms with van der Waals surface area (Å²) in [6.45, 7) is 18.3. The van der Waals surface area contributed by atoms with E-state index in [9.17, 15) is 14.7 Å². The lowest BCUT2D eigenvalue weighted by Gasteiger charge is -2.33. The number of Topliss-reactive ketones (excluding diaryl/α,β-unsaturated/α-hetero) is 1. The minimum atomic E-state index is -1.25. The van der Waals surface area contributed by atoms with Gasteiger partial charge in [-0.15, -0.1) is 0 Å². The van der Waals surface area contributed by atoms with E-state index in [0.29, 0.717) is 12.8 Å². The van der Waals surface area contributed by atoms with Crippen LogP contribution in [-0.4, -0.2) is 58.4 Å². The van der Waals surface area contributed by atoms with Crippen molar-refractivity contribution in [2.24, 2.45) is 11.3 Å². The summed E-state index contributed by atoms with van der Waals surface area (Å²) in [5.41, 5.74) is -2.77. The van der Waals surface area contributed by atoms with Gasteiger partial charge in [0.2, 0.25) is 0 Å². The van der Waals surface area contributed by atoms with Gasteiger partial charge in [-0.25, -0.2) is 5.01 Å². The van der Waals surface area contributed by atoms with E-state index < -0.39 is 22.8 Å². The summed E-state index contributed by atoms with van der Waals surface area (Å²) in [7, 11) is 0. The molecule has 0 aliphatic heterocycles. The van der Waals surface area contributed by atoms with Crippen molar-refractivity contribution in [2.45, 2.75) is 85.0 Å². The van der Waals surface area contributed by atoms with Crippen LogP contribution in [0.25, 0.3) is 0 Å². The number of ether oxygens (including phenoxy) is 2. The van der Waals surface area contributed by atoms with Crippen molar-refractivity contribution >= 4 is 11.8 Å². The standard InChI is InChI=1S/C21H40N2O5/c1-10-21(9,27-12-11-19(5,6)26)16(24)13-23(22)14-17(25)28-20(7,8)15-18(2,3)4/h10,26H,1,11-15,22H2,2-9H3. The number of nitrogens with two attached hydrogens (primary N) is 1. The van der Waals surface area contributed by atoms with Crippen LogP contribution in [0, 0.1) is 5.41 Å². The van der Waals surface area contributed by atoms with Gasteiger partial charge in [0.05, 0.1) is 18.8 Å². The number of aliphatic hydroxyl groups is 1. The molecule has 0 aromatic heterocycles. The Hall–Kier alpha value is -1.28. The van der Waals surface area contributed by atoms with Crippen molar-refractivity contribution in [1.82, 2.24) is 5.01 Å². The lowest BCUT2D eigenvalue weighted by molar-refractivity contribution is -0.160. The summed E-state index contributed by atoms with van der Waals surface area (Å²) in [5.74, 6) is 5.03. The average Bonchev–Trinajstić information content (AvgIpc) is 2.41. The average molecular weight is 401 g/mol. The summed E-state index contributed by atoms with van der Waals surface area (Å²) in [6.07, 6.45) is 2.46. The van der Waals surface area contributed by atoms with E-state index in [-0.39, 0.29) is 30.9 Å². The maximum absolute atomic E-state index is 12.6. The Bertz CT molecular complexity index is 546. The molecular formula is C21H40N2O5. The molecule has 0 aliphatic carbocycles. The minimum absolute atomic E-state index is 0.00833. The number of ketones is 1. The maximum atomic E-state index is 12.6. The first-order valence-corrected chi connectivity index (χ1v) is 9.64. The van der Waals surface area contributed by atoms with E-state index in [1.807, 2.05) is 13.8 Å². The molecule has 0 saturated heterocycles. The van der Waals surface area contributed by atoms with Gasteiger partial charge >= 0.3 is 5.97 Å². The van der Waals surface area contributed by atoms with E-state index in [1.165, 1.54) is 6.08 Å². The van der Waals surface area contributed by atoms with E-state index in [4.69, 9.17) is 15.3 Å². The third-order valence-corrected chi connectivity index (χ3v) is 4.08. The molecule has 7 nitrogen and oxygen atoms in total. The van der Waals surface area contributed by atoms with Crippen LogP contribution < -0.4 is 5.84 Å². The van der Waals surface area contributed by atoms with Crippen molar-refractivity contribution in [2.75, 3.05) is 19.7 Å². The second-order valence-electron chi connectivity index (χ2n) is 10.0. The first-order chi connectivity index (χ1) is 12.4. The number of carbonyl (C=O) groups is 2. The summed E-state index contributed by atoms with van der Waals surface area (Å²) in [4.78, 5) is 24.8. The molecule has 0 spiro atoms. The Morgan fingerprint density at radius 2 is 1.61 bits per heavy atom. The third kappa shape index (κ3) is 11.5. The van der Waals surface area contributed by atoms with Gasteiger partial charge < -0.3 is 14.6 Å². The van der Waals surface area contributed by atoms with E-state index in [1.54, 1.807) is 20.8 Å². The largest absolute Gasteiger partial charge is 0.459 e. The Labute approximate surface area is 170 Å². The van der Waals surface area contributed by atoms with Gasteiger partial charge in [0, 0.05) is 0 Å². The normalized spacial score (nSPS) is 15.2. The van der Waals surface area contributed by atoms with Gasteiger partial charge in [-0.3, -0.25) is 15.4 Å². The van der Waals surface area contributed by atoms with Crippen LogP contribution >= 0.6 is 0 Å². The number of rotatable bonds is 12. The predicted octanol–water partition coefficient (Wildman–Crippen LogP) is 2.61. The molecule has 0 radical (unpaired) electrons. The molecule has 0 saturated carbocycles. The number of hydrazine groups is 1. The lowest BCUT2D eigenvalue weighted by atomic mass is 9.84. The highest BCUT2D eigenvalue weighted by atomic mass is 16.6. The van der Waals surface area contributed by atoms with Crippen LogP contribution in [0.5, 0.6) is 0 Å². The Morgan fingerprint density at radius 1 is 1.07 bits per heavy atom. The Kier molecular flexibility index (Phi) is 9.51. The Balaban J connectivity index is 4.70. The predicted molar refractivity (Wildman–Crippen MR) is 110 cm³/mol. The molecule has 1 unspecified atom stereocenters. The molecule has 0 fully saturated rings. The number of hydrogen-bond donors (Lipinski definition) is 2. The summed E-state index contributed by atoms with van der Waals surface area (Å²) in [5, 5.41) is 10.9. The second kappa shape index (κ2) is 9.96. The fourth-order valence-corrected chi connectivity index (χ4v) is 2.98. The molecular weight excluding hydrogens is 360 g/mol. The summed E-state index contributed by atoms with van der Waals surface area (Å²) < 4.78 is 11.2. The number of esters is 1. The fraction of sp³-hybridized carbons (Fsp3) is 0.810. The second-order valence-corrected chi connectivity index (χ2v) is 10.0. The van der Waals surface area contributed by atoms with E-state index in [2.05, 4.69) is 27.4 Å². The molecule has 0 aliphatic rings. The van der Waals surface area contributed by atoms with Crippen LogP contribution in [0.3, 0.4) is 0 Å². The zero-order chi connectivity index (χ0) is 22.4. The van der Waals surface area contributed by atoms with Gasteiger partial charge in [0.25, 0.3) is 0 Å². The molecule has 0 rings (SSSR count). The van der Waals surface area contributed by atoms with Gasteiger partial charge in [-0.1, -0.05) is 33.4 Å². The highest BCUT2D eigenvalue weighted by molar-refractivity contribution is 5.91. The zero-order valence-corrected chi connectivity index (χ0v) is 18.9. The Morgan fingerprint density at radius 3 is 2.04 bits per heavy atom. The van der Waals surface area contributed by atoms with Crippen LogP contribution in [0.1, 0.15) is 68.2 Å². The number of nitrogens with zero attached hydrogens (tertiary/aromatic N) is 1. The monoisotopic (exact) mass is 400 g/mol. The van der Waals surface area contributed by atoms with Crippen molar-refractivity contribution in [3.05, 3.63) is 12.7 Å². The fourth-order valence-electron chi connectivity index (χ4n) is 2.98. The molecule has 1 atom stereocenters. The van der Waals surface area contributed by atoms with Crippen LogP contribution in [0.2, 0.25) is 0 Å². The third-order valence-electron chi connectivity index (χ3n) is 4.08. The van der Waals surface area contributed by atoms with Gasteiger partial charge in [0.1, 0.15) is 17.7 Å². The van der Waals surface area contributed by atoms with Gasteiger partial charge in [-0.05, 0) is 52.9 Å². The molecule has 0 heterocycles. The molecule has 0 amide bonds. The molecule has 7 heteroatoms. The first kappa shape index (κ1) is 26.7. The quantitative estimate of drug-likeness (QED) is 0.225. The van der Waals surface area contributed by atoms with Crippen LogP contribution in [0.15, 0.2) is 12.7 Å². The molecule has 0 aromatic carbocycles. The summed E-state index contributed by atoms with van der Waals surface area (Å²) >= 11 is 0. The SMILES string of the molecule is C=CC(C)(OCCC(C)(C)O)C(=O)CN(N)CC(=O)OC(C)(C)CC(C)(C)C. The molecule has 28 heavy (non-hydrogen) atoms. The molecule has 0 bridgehead atoms. The highest BCUT2D eigenvalue weighted by Gasteiger charge is 2.33. The van der Waals surface area contributed by atoms with E-state index in [0.717, 1.165) is 5.01 Å². The van der Waals surface area contributed by atoms with Gasteiger partial charge in [-0.2, -0.15) is 0 Å². The van der Waals surface area contributed by atoms with Crippen LogP contribution in [0.4, 0.5) is 0 Å². The van der Waals surface area contributed by atoms with Crippen molar-refractivity contribution < 1.29 is 24.2 Å². The number of hydrogen-bond acceptors (Lipinski definition) is 7. The summed E-state index contributed by atoms with van der Waals surface area (Å²) in [6, 6.07) is 0. The first-order valence-electron chi connectivity index (χ1n) is 9.64. The maximum Gasteiger partial charge on any atom is 0.322 e. The zero-order valence-electron chi connectivity index (χ0n) is 18.9. The number of carbonyl (C=O) groups excluding carboxylic acids is 2. The molecule has 164 valence electrons. The minimum Gasteiger partial charge on any atom is -0.459 e. The highest BCUT2D eigenvalue weighted by Crippen LogP contribution is 2.29. The smallest absolute Gasteiger partial charge is 0.322 e. The van der Waals surface area contributed by atoms with Gasteiger partial charge in [0.15, 0.2) is 5.78 Å². The molecule has 3 N–H and O–H groups in total.